The van der Waals surface area contributed by atoms with Crippen molar-refractivity contribution >= 4 is 27.7 Å². The van der Waals surface area contributed by atoms with E-state index in [0.717, 1.165) is 16.8 Å². The van der Waals surface area contributed by atoms with Gasteiger partial charge in [0.05, 0.1) is 0 Å². The van der Waals surface area contributed by atoms with Crippen LogP contribution in [0.15, 0.2) is 27.6 Å². The van der Waals surface area contributed by atoms with Crippen molar-refractivity contribution in [3.05, 3.63) is 28.2 Å². The van der Waals surface area contributed by atoms with Crippen molar-refractivity contribution < 1.29 is 5.11 Å². The molecule has 0 aromatic heterocycles. The molecular formula is C12H18BrNOS. The molecule has 90 valence electrons. The predicted molar refractivity (Wildman–Crippen MR) is 73.9 cm³/mol. The van der Waals surface area contributed by atoms with Crippen LogP contribution in [0.1, 0.15) is 12.5 Å². The number of thioether (sulfide) groups is 1. The van der Waals surface area contributed by atoms with Gasteiger partial charge in [0.2, 0.25) is 0 Å². The summed E-state index contributed by atoms with van der Waals surface area (Å²) in [5.41, 5.74) is 1.27. The molecule has 0 bridgehead atoms. The molecule has 2 nitrogen and oxygen atoms in total. The molecule has 0 saturated heterocycles. The summed E-state index contributed by atoms with van der Waals surface area (Å²) >= 11 is 5.36. The summed E-state index contributed by atoms with van der Waals surface area (Å²) in [7, 11) is 1.94. The number of nitrogens with one attached hydrogen (secondary N) is 1. The van der Waals surface area contributed by atoms with Crippen molar-refractivity contribution in [3.8, 4) is 0 Å². The van der Waals surface area contributed by atoms with E-state index in [9.17, 15) is 0 Å². The van der Waals surface area contributed by atoms with Crippen molar-refractivity contribution in [1.29, 1.82) is 0 Å². The quantitative estimate of drug-likeness (QED) is 0.793. The fourth-order valence-corrected chi connectivity index (χ4v) is 2.96. The first-order valence-corrected chi connectivity index (χ1v) is 7.12. The second-order valence-corrected chi connectivity index (χ2v) is 5.81. The highest BCUT2D eigenvalue weighted by atomic mass is 79.9. The smallest absolute Gasteiger partial charge is 0.0464 e. The van der Waals surface area contributed by atoms with E-state index in [-0.39, 0.29) is 6.61 Å². The maximum Gasteiger partial charge on any atom is 0.0464 e. The number of aliphatic hydroxyl groups is 1. The molecule has 0 radical (unpaired) electrons. The molecule has 0 aliphatic heterocycles. The van der Waals surface area contributed by atoms with Crippen LogP contribution in [0.25, 0.3) is 0 Å². The summed E-state index contributed by atoms with van der Waals surface area (Å²) in [6.07, 6.45) is 0. The van der Waals surface area contributed by atoms with Crippen LogP contribution >= 0.6 is 27.7 Å². The standard InChI is InChI=1S/C12H18BrNOS/c1-9(7-15)8-16-12-4-3-10(6-14-2)5-11(12)13/h3-5,9,14-15H,6-8H2,1-2H3. The average Bonchev–Trinajstić information content (AvgIpc) is 2.28. The summed E-state index contributed by atoms with van der Waals surface area (Å²) in [6, 6.07) is 6.40. The first-order valence-electron chi connectivity index (χ1n) is 5.34. The summed E-state index contributed by atoms with van der Waals surface area (Å²) in [4.78, 5) is 1.24. The SMILES string of the molecule is CNCc1ccc(SCC(C)CO)c(Br)c1. The summed E-state index contributed by atoms with van der Waals surface area (Å²) < 4.78 is 1.13. The van der Waals surface area contributed by atoms with E-state index < -0.39 is 0 Å². The molecule has 0 heterocycles. The predicted octanol–water partition coefficient (Wildman–Crippen LogP) is 2.89. The van der Waals surface area contributed by atoms with Gasteiger partial charge in [-0.1, -0.05) is 13.0 Å². The summed E-state index contributed by atoms with van der Waals surface area (Å²) in [5.74, 6) is 1.29. The van der Waals surface area contributed by atoms with Crippen molar-refractivity contribution in [2.24, 2.45) is 5.92 Å². The molecule has 4 heteroatoms. The van der Waals surface area contributed by atoms with Gasteiger partial charge in [0, 0.05) is 28.3 Å². The number of rotatable bonds is 6. The Balaban J connectivity index is 2.60. The third kappa shape index (κ3) is 4.45. The lowest BCUT2D eigenvalue weighted by Gasteiger charge is -2.10. The van der Waals surface area contributed by atoms with Gasteiger partial charge in [-0.25, -0.2) is 0 Å². The van der Waals surface area contributed by atoms with Crippen LogP contribution in [-0.2, 0) is 6.54 Å². The molecule has 0 saturated carbocycles. The van der Waals surface area contributed by atoms with E-state index >= 15 is 0 Å². The Kier molecular flexibility index (Phi) is 6.43. The molecule has 1 unspecified atom stereocenters. The molecule has 1 aromatic rings. The molecule has 0 amide bonds. The Hall–Kier alpha value is -0.0300. The molecule has 1 atom stereocenters. The van der Waals surface area contributed by atoms with Gasteiger partial charge in [-0.2, -0.15) is 0 Å². The van der Waals surface area contributed by atoms with Crippen LogP contribution in [0.5, 0.6) is 0 Å². The Morgan fingerprint density at radius 3 is 2.81 bits per heavy atom. The minimum absolute atomic E-state index is 0.252. The van der Waals surface area contributed by atoms with Gasteiger partial charge in [-0.05, 0) is 46.6 Å². The van der Waals surface area contributed by atoms with E-state index in [4.69, 9.17) is 5.11 Å². The van der Waals surface area contributed by atoms with Gasteiger partial charge in [0.15, 0.2) is 0 Å². The van der Waals surface area contributed by atoms with Gasteiger partial charge in [-0.3, -0.25) is 0 Å². The first kappa shape index (κ1) is 14.0. The largest absolute Gasteiger partial charge is 0.396 e. The van der Waals surface area contributed by atoms with E-state index in [1.807, 2.05) is 7.05 Å². The lowest BCUT2D eigenvalue weighted by molar-refractivity contribution is 0.250. The van der Waals surface area contributed by atoms with Gasteiger partial charge < -0.3 is 10.4 Å². The van der Waals surface area contributed by atoms with Crippen LogP contribution in [-0.4, -0.2) is 24.5 Å². The van der Waals surface area contributed by atoms with Gasteiger partial charge in [0.25, 0.3) is 0 Å². The fourth-order valence-electron chi connectivity index (χ4n) is 1.26. The Labute approximate surface area is 110 Å². The molecule has 0 spiro atoms. The van der Waals surface area contributed by atoms with Crippen molar-refractivity contribution in [3.63, 3.8) is 0 Å². The van der Waals surface area contributed by atoms with Gasteiger partial charge in [-0.15, -0.1) is 11.8 Å². The molecule has 0 aliphatic rings. The second kappa shape index (κ2) is 7.33. The van der Waals surface area contributed by atoms with Gasteiger partial charge >= 0.3 is 0 Å². The third-order valence-corrected chi connectivity index (χ3v) is 4.53. The molecule has 0 fully saturated rings. The first-order chi connectivity index (χ1) is 7.67. The minimum Gasteiger partial charge on any atom is -0.396 e. The zero-order valence-corrected chi connectivity index (χ0v) is 12.1. The lowest BCUT2D eigenvalue weighted by Crippen LogP contribution is -2.05. The average molecular weight is 304 g/mol. The van der Waals surface area contributed by atoms with E-state index in [2.05, 4.69) is 46.4 Å². The molecule has 0 aliphatic carbocycles. The van der Waals surface area contributed by atoms with E-state index in [1.165, 1.54) is 10.5 Å². The molecule has 2 N–H and O–H groups in total. The monoisotopic (exact) mass is 303 g/mol. The highest BCUT2D eigenvalue weighted by molar-refractivity contribution is 9.10. The summed E-state index contributed by atoms with van der Waals surface area (Å²) in [5, 5.41) is 12.1. The minimum atomic E-state index is 0.252. The van der Waals surface area contributed by atoms with E-state index in [1.54, 1.807) is 11.8 Å². The maximum absolute atomic E-state index is 8.96. The zero-order chi connectivity index (χ0) is 12.0. The van der Waals surface area contributed by atoms with Crippen molar-refractivity contribution in [2.45, 2.75) is 18.4 Å². The third-order valence-electron chi connectivity index (χ3n) is 2.21. The van der Waals surface area contributed by atoms with Crippen LogP contribution in [0.4, 0.5) is 0 Å². The molecular weight excluding hydrogens is 286 g/mol. The molecule has 1 rings (SSSR count). The number of hydrogen-bond donors (Lipinski definition) is 2. The number of halogens is 1. The maximum atomic E-state index is 8.96. The number of aliphatic hydroxyl groups excluding tert-OH is 1. The van der Waals surface area contributed by atoms with E-state index in [0.29, 0.717) is 5.92 Å². The van der Waals surface area contributed by atoms with Crippen LogP contribution in [0.3, 0.4) is 0 Å². The molecule has 16 heavy (non-hydrogen) atoms. The van der Waals surface area contributed by atoms with Crippen molar-refractivity contribution in [1.82, 2.24) is 5.32 Å². The van der Waals surface area contributed by atoms with Crippen LogP contribution < -0.4 is 5.32 Å². The number of benzene rings is 1. The Morgan fingerprint density at radius 2 is 2.25 bits per heavy atom. The zero-order valence-electron chi connectivity index (χ0n) is 9.66. The van der Waals surface area contributed by atoms with Gasteiger partial charge in [0.1, 0.15) is 0 Å². The highest BCUT2D eigenvalue weighted by Gasteiger charge is 2.05. The normalized spacial score (nSPS) is 12.8. The fraction of sp³-hybridized carbons (Fsp3) is 0.500. The Morgan fingerprint density at radius 1 is 1.50 bits per heavy atom. The highest BCUT2D eigenvalue weighted by Crippen LogP contribution is 2.29. The van der Waals surface area contributed by atoms with Crippen LogP contribution in [0.2, 0.25) is 0 Å². The van der Waals surface area contributed by atoms with Crippen molar-refractivity contribution in [2.75, 3.05) is 19.4 Å². The number of hydrogen-bond acceptors (Lipinski definition) is 3. The lowest BCUT2D eigenvalue weighted by atomic mass is 10.2. The Bertz CT molecular complexity index is 333. The summed E-state index contributed by atoms with van der Waals surface area (Å²) in [6.45, 7) is 3.19. The second-order valence-electron chi connectivity index (χ2n) is 3.89. The van der Waals surface area contributed by atoms with Crippen LogP contribution in [0, 0.1) is 5.92 Å². The topological polar surface area (TPSA) is 32.3 Å². The molecule has 1 aromatic carbocycles.